The Labute approximate surface area is 135 Å². The van der Waals surface area contributed by atoms with Crippen molar-refractivity contribution >= 4 is 43.6 Å². The number of nitrogens with zero attached hydrogens (tertiary/aromatic N) is 3. The summed E-state index contributed by atoms with van der Waals surface area (Å²) < 4.78 is 1.97. The second-order valence-electron chi connectivity index (χ2n) is 4.38. The highest BCUT2D eigenvalue weighted by Gasteiger charge is 2.10. The molecule has 0 aliphatic heterocycles. The molecular formula is C14H16Br2N4. The Bertz CT molecular complexity index is 589. The highest BCUT2D eigenvalue weighted by atomic mass is 79.9. The van der Waals surface area contributed by atoms with Gasteiger partial charge in [0.05, 0.1) is 4.47 Å². The number of halogens is 2. The average molecular weight is 400 g/mol. The van der Waals surface area contributed by atoms with Crippen molar-refractivity contribution in [3.63, 3.8) is 0 Å². The van der Waals surface area contributed by atoms with E-state index < -0.39 is 0 Å². The van der Waals surface area contributed by atoms with Crippen molar-refractivity contribution in [1.29, 1.82) is 0 Å². The fourth-order valence-corrected chi connectivity index (χ4v) is 2.79. The van der Waals surface area contributed by atoms with E-state index in [4.69, 9.17) is 0 Å². The van der Waals surface area contributed by atoms with Crippen molar-refractivity contribution in [3.05, 3.63) is 45.0 Å². The molecule has 0 saturated heterocycles. The minimum Gasteiger partial charge on any atom is -0.354 e. The smallest absolute Gasteiger partial charge is 0.224 e. The number of rotatable bonds is 5. The van der Waals surface area contributed by atoms with E-state index >= 15 is 0 Å². The van der Waals surface area contributed by atoms with Gasteiger partial charge in [-0.25, -0.2) is 4.98 Å². The van der Waals surface area contributed by atoms with Crippen LogP contribution in [0, 0.1) is 0 Å². The van der Waals surface area contributed by atoms with Gasteiger partial charge in [0.25, 0.3) is 0 Å². The first kappa shape index (κ1) is 15.3. The highest BCUT2D eigenvalue weighted by molar-refractivity contribution is 9.10. The Morgan fingerprint density at radius 2 is 2.10 bits per heavy atom. The van der Waals surface area contributed by atoms with E-state index in [9.17, 15) is 0 Å². The monoisotopic (exact) mass is 398 g/mol. The van der Waals surface area contributed by atoms with Gasteiger partial charge < -0.3 is 10.2 Å². The predicted octanol–water partition coefficient (Wildman–Crippen LogP) is 4.07. The number of anilines is 2. The quantitative estimate of drug-likeness (QED) is 0.822. The largest absolute Gasteiger partial charge is 0.354 e. The molecule has 1 aromatic carbocycles. The molecule has 4 nitrogen and oxygen atoms in total. The lowest BCUT2D eigenvalue weighted by Gasteiger charge is -2.20. The van der Waals surface area contributed by atoms with Gasteiger partial charge in [-0.1, -0.05) is 28.1 Å². The highest BCUT2D eigenvalue weighted by Crippen LogP contribution is 2.25. The minimum absolute atomic E-state index is 0.645. The second-order valence-corrected chi connectivity index (χ2v) is 6.15. The van der Waals surface area contributed by atoms with E-state index in [-0.39, 0.29) is 0 Å². The summed E-state index contributed by atoms with van der Waals surface area (Å²) in [5, 5.41) is 3.13. The van der Waals surface area contributed by atoms with Crippen LogP contribution in [0.5, 0.6) is 0 Å². The summed E-state index contributed by atoms with van der Waals surface area (Å²) in [5.74, 6) is 1.52. The maximum atomic E-state index is 4.53. The van der Waals surface area contributed by atoms with Gasteiger partial charge in [-0.05, 0) is 40.5 Å². The van der Waals surface area contributed by atoms with Crippen LogP contribution >= 0.6 is 31.9 Å². The zero-order valence-electron chi connectivity index (χ0n) is 11.4. The van der Waals surface area contributed by atoms with Gasteiger partial charge in [-0.3, -0.25) is 0 Å². The van der Waals surface area contributed by atoms with Gasteiger partial charge in [0.2, 0.25) is 5.95 Å². The predicted molar refractivity (Wildman–Crippen MR) is 90.1 cm³/mol. The molecule has 1 N–H and O–H groups in total. The lowest BCUT2D eigenvalue weighted by atomic mass is 10.2. The molecule has 106 valence electrons. The fraction of sp³-hybridized carbons (Fsp3) is 0.286. The van der Waals surface area contributed by atoms with E-state index in [1.807, 2.05) is 26.1 Å². The molecular weight excluding hydrogens is 384 g/mol. The maximum absolute atomic E-state index is 4.53. The maximum Gasteiger partial charge on any atom is 0.224 e. The van der Waals surface area contributed by atoms with Crippen LogP contribution in [-0.4, -0.2) is 23.6 Å². The van der Waals surface area contributed by atoms with E-state index in [1.54, 1.807) is 6.20 Å². The van der Waals surface area contributed by atoms with Crippen LogP contribution in [0.15, 0.2) is 39.4 Å². The van der Waals surface area contributed by atoms with Crippen LogP contribution in [0.4, 0.5) is 11.8 Å². The van der Waals surface area contributed by atoms with Crippen LogP contribution in [0.1, 0.15) is 12.5 Å². The normalized spacial score (nSPS) is 10.4. The molecule has 2 aromatic rings. The molecule has 0 fully saturated rings. The lowest BCUT2D eigenvalue weighted by Crippen LogP contribution is -2.19. The van der Waals surface area contributed by atoms with Crippen molar-refractivity contribution in [2.45, 2.75) is 13.5 Å². The second kappa shape index (κ2) is 7.04. The third-order valence-electron chi connectivity index (χ3n) is 2.73. The third kappa shape index (κ3) is 3.93. The zero-order chi connectivity index (χ0) is 14.5. The molecule has 0 unspecified atom stereocenters. The van der Waals surface area contributed by atoms with Crippen molar-refractivity contribution < 1.29 is 0 Å². The first-order chi connectivity index (χ1) is 9.60. The van der Waals surface area contributed by atoms with Gasteiger partial charge in [-0.2, -0.15) is 4.98 Å². The molecule has 0 bridgehead atoms. The molecule has 0 amide bonds. The van der Waals surface area contributed by atoms with Crippen LogP contribution in [0.25, 0.3) is 0 Å². The molecule has 0 spiro atoms. The number of benzene rings is 1. The SMILES string of the molecule is CCNc1ncc(Br)c(N(C)Cc2cccc(Br)c2)n1. The first-order valence-electron chi connectivity index (χ1n) is 6.32. The molecule has 0 saturated carbocycles. The summed E-state index contributed by atoms with van der Waals surface area (Å²) in [4.78, 5) is 10.8. The summed E-state index contributed by atoms with van der Waals surface area (Å²) in [6, 6.07) is 8.26. The Kier molecular flexibility index (Phi) is 5.37. The molecule has 0 radical (unpaired) electrons. The Hall–Kier alpha value is -1.14. The summed E-state index contributed by atoms with van der Waals surface area (Å²) in [5.41, 5.74) is 1.22. The third-order valence-corrected chi connectivity index (χ3v) is 3.78. The van der Waals surface area contributed by atoms with E-state index in [1.165, 1.54) is 5.56 Å². The van der Waals surface area contributed by atoms with Gasteiger partial charge >= 0.3 is 0 Å². The number of nitrogens with one attached hydrogen (secondary N) is 1. The fourth-order valence-electron chi connectivity index (χ4n) is 1.85. The van der Waals surface area contributed by atoms with Crippen molar-refractivity contribution in [2.24, 2.45) is 0 Å². The summed E-state index contributed by atoms with van der Waals surface area (Å²) >= 11 is 7.00. The molecule has 0 aliphatic carbocycles. The summed E-state index contributed by atoms with van der Waals surface area (Å²) in [6.45, 7) is 3.60. The van der Waals surface area contributed by atoms with E-state index in [0.717, 1.165) is 27.9 Å². The Morgan fingerprint density at radius 3 is 2.80 bits per heavy atom. The molecule has 1 aromatic heterocycles. The summed E-state index contributed by atoms with van der Waals surface area (Å²) in [7, 11) is 2.02. The van der Waals surface area contributed by atoms with Gasteiger partial charge in [-0.15, -0.1) is 0 Å². The lowest BCUT2D eigenvalue weighted by molar-refractivity contribution is 0.884. The number of hydrogen-bond donors (Lipinski definition) is 1. The van der Waals surface area contributed by atoms with Crippen molar-refractivity contribution in [2.75, 3.05) is 23.8 Å². The molecule has 6 heteroatoms. The molecule has 0 atom stereocenters. The molecule has 2 rings (SSSR count). The standard InChI is InChI=1S/C14H16Br2N4/c1-3-17-14-18-8-12(16)13(19-14)20(2)9-10-5-4-6-11(15)7-10/h4-8H,3,9H2,1-2H3,(H,17,18,19). The van der Waals surface area contributed by atoms with Crippen LogP contribution < -0.4 is 10.2 Å². The van der Waals surface area contributed by atoms with Gasteiger partial charge in [0.15, 0.2) is 0 Å². The molecule has 0 aliphatic rings. The van der Waals surface area contributed by atoms with E-state index in [2.05, 4.69) is 64.2 Å². The zero-order valence-corrected chi connectivity index (χ0v) is 14.6. The van der Waals surface area contributed by atoms with Crippen molar-refractivity contribution in [1.82, 2.24) is 9.97 Å². The number of aromatic nitrogens is 2. The van der Waals surface area contributed by atoms with Crippen LogP contribution in [0.2, 0.25) is 0 Å². The molecule has 1 heterocycles. The Morgan fingerprint density at radius 1 is 1.30 bits per heavy atom. The van der Waals surface area contributed by atoms with Gasteiger partial charge in [0.1, 0.15) is 5.82 Å². The first-order valence-corrected chi connectivity index (χ1v) is 7.90. The van der Waals surface area contributed by atoms with Crippen molar-refractivity contribution in [3.8, 4) is 0 Å². The average Bonchev–Trinajstić information content (AvgIpc) is 2.41. The topological polar surface area (TPSA) is 41.1 Å². The summed E-state index contributed by atoms with van der Waals surface area (Å²) in [6.07, 6.45) is 1.78. The Balaban J connectivity index is 2.19. The van der Waals surface area contributed by atoms with E-state index in [0.29, 0.717) is 5.95 Å². The van der Waals surface area contributed by atoms with Crippen LogP contribution in [0.3, 0.4) is 0 Å². The minimum atomic E-state index is 0.645. The number of hydrogen-bond acceptors (Lipinski definition) is 4. The van der Waals surface area contributed by atoms with Crippen LogP contribution in [-0.2, 0) is 6.54 Å². The molecule has 20 heavy (non-hydrogen) atoms. The van der Waals surface area contributed by atoms with Gasteiger partial charge in [0, 0.05) is 30.8 Å².